The first kappa shape index (κ1) is 16.5. The molecule has 0 amide bonds. The number of aryl methyl sites for hydroxylation is 2. The molecule has 0 saturated heterocycles. The van der Waals surface area contributed by atoms with Crippen LogP contribution in [0.5, 0.6) is 0 Å². The molecule has 0 N–H and O–H groups in total. The molecule has 0 aliphatic heterocycles. The Morgan fingerprint density at radius 3 is 2.69 bits per heavy atom. The van der Waals surface area contributed by atoms with Gasteiger partial charge in [-0.15, -0.1) is 0 Å². The largest absolute Gasteiger partial charge is 0.294 e. The number of hydrogen-bond donors (Lipinski definition) is 0. The first-order valence-corrected chi connectivity index (χ1v) is 8.66. The quantitative estimate of drug-likeness (QED) is 0.554. The van der Waals surface area contributed by atoms with Crippen LogP contribution in [0, 0.1) is 13.8 Å². The van der Waals surface area contributed by atoms with Crippen molar-refractivity contribution >= 4 is 22.6 Å². The average Bonchev–Trinajstić information content (AvgIpc) is 3.05. The highest BCUT2D eigenvalue weighted by Crippen LogP contribution is 2.17. The second kappa shape index (κ2) is 6.42. The Labute approximate surface area is 155 Å². The van der Waals surface area contributed by atoms with E-state index in [9.17, 15) is 4.79 Å². The summed E-state index contributed by atoms with van der Waals surface area (Å²) in [6, 6.07) is 13.5. The lowest BCUT2D eigenvalue weighted by molar-refractivity contribution is 0.745. The monoisotopic (exact) mass is 364 g/mol. The van der Waals surface area contributed by atoms with E-state index in [0.29, 0.717) is 22.6 Å². The molecule has 0 aliphatic carbocycles. The summed E-state index contributed by atoms with van der Waals surface area (Å²) in [6.45, 7) is 4.53. The van der Waals surface area contributed by atoms with E-state index in [4.69, 9.17) is 11.6 Å². The van der Waals surface area contributed by atoms with Crippen molar-refractivity contribution in [1.82, 2.24) is 19.3 Å². The average molecular weight is 365 g/mol. The van der Waals surface area contributed by atoms with Gasteiger partial charge < -0.3 is 0 Å². The molecule has 2 heterocycles. The molecule has 0 spiro atoms. The highest BCUT2D eigenvalue weighted by Gasteiger charge is 2.12. The van der Waals surface area contributed by atoms with E-state index in [1.165, 1.54) is 11.1 Å². The van der Waals surface area contributed by atoms with Gasteiger partial charge in [-0.1, -0.05) is 29.8 Å². The van der Waals surface area contributed by atoms with Gasteiger partial charge in [0.15, 0.2) is 5.65 Å². The molecule has 5 nitrogen and oxygen atoms in total. The van der Waals surface area contributed by atoms with Crippen LogP contribution in [0.3, 0.4) is 0 Å². The van der Waals surface area contributed by atoms with Crippen LogP contribution < -0.4 is 5.56 Å². The zero-order valence-electron chi connectivity index (χ0n) is 14.5. The third kappa shape index (κ3) is 2.91. The van der Waals surface area contributed by atoms with E-state index in [0.717, 1.165) is 11.3 Å². The number of nitrogens with zero attached hydrogens (tertiary/aromatic N) is 4. The predicted molar refractivity (Wildman–Crippen MR) is 103 cm³/mol. The molecule has 0 fully saturated rings. The van der Waals surface area contributed by atoms with E-state index in [1.807, 2.05) is 42.5 Å². The van der Waals surface area contributed by atoms with Crippen LogP contribution in [0.15, 0.2) is 59.8 Å². The number of halogens is 1. The van der Waals surface area contributed by atoms with E-state index >= 15 is 0 Å². The van der Waals surface area contributed by atoms with E-state index in [1.54, 1.807) is 21.8 Å². The fourth-order valence-electron chi connectivity index (χ4n) is 2.94. The lowest BCUT2D eigenvalue weighted by Gasteiger charge is -2.08. The molecule has 6 heteroatoms. The van der Waals surface area contributed by atoms with Crippen LogP contribution in [0.2, 0.25) is 5.02 Å². The molecule has 0 bridgehead atoms. The molecule has 0 saturated carbocycles. The number of rotatable bonds is 3. The maximum absolute atomic E-state index is 12.8. The van der Waals surface area contributed by atoms with Gasteiger partial charge in [0.2, 0.25) is 0 Å². The van der Waals surface area contributed by atoms with Crippen molar-refractivity contribution in [2.24, 2.45) is 0 Å². The maximum Gasteiger partial charge on any atom is 0.264 e. The molecule has 0 atom stereocenters. The van der Waals surface area contributed by atoms with Gasteiger partial charge in [-0.25, -0.2) is 9.67 Å². The lowest BCUT2D eigenvalue weighted by Crippen LogP contribution is -2.21. The second-order valence-electron chi connectivity index (χ2n) is 6.37. The molecule has 4 rings (SSSR count). The van der Waals surface area contributed by atoms with Gasteiger partial charge >= 0.3 is 0 Å². The number of benzene rings is 2. The third-order valence-electron chi connectivity index (χ3n) is 4.53. The first-order valence-electron chi connectivity index (χ1n) is 8.28. The molecule has 4 aromatic rings. The first-order chi connectivity index (χ1) is 12.5. The zero-order valence-corrected chi connectivity index (χ0v) is 15.2. The Balaban J connectivity index is 1.78. The van der Waals surface area contributed by atoms with Gasteiger partial charge in [-0.3, -0.25) is 9.36 Å². The van der Waals surface area contributed by atoms with Gasteiger partial charge in [-0.05, 0) is 54.8 Å². The van der Waals surface area contributed by atoms with Gasteiger partial charge in [-0.2, -0.15) is 5.10 Å². The standard InChI is InChI=1S/C20H17ClN4O/c1-13-6-7-17(8-14(13)2)25-19-18(10-23-25)20(26)24(12-22-19)11-15-4-3-5-16(21)9-15/h3-10,12H,11H2,1-2H3. The summed E-state index contributed by atoms with van der Waals surface area (Å²) in [5.41, 5.74) is 4.65. The SMILES string of the molecule is Cc1ccc(-n2ncc3c(=O)n(Cc4cccc(Cl)c4)cnc32)cc1C. The molecule has 0 aliphatic rings. The molecule has 2 aromatic carbocycles. The zero-order chi connectivity index (χ0) is 18.3. The normalized spacial score (nSPS) is 11.2. The van der Waals surface area contributed by atoms with Crippen LogP contribution in [-0.2, 0) is 6.54 Å². The smallest absolute Gasteiger partial charge is 0.264 e. The third-order valence-corrected chi connectivity index (χ3v) is 4.77. The molecule has 26 heavy (non-hydrogen) atoms. The summed E-state index contributed by atoms with van der Waals surface area (Å²) in [7, 11) is 0. The van der Waals surface area contributed by atoms with Gasteiger partial charge in [0, 0.05) is 5.02 Å². The molecule has 0 radical (unpaired) electrons. The summed E-state index contributed by atoms with van der Waals surface area (Å²) >= 11 is 6.02. The van der Waals surface area contributed by atoms with Crippen molar-refractivity contribution in [2.75, 3.05) is 0 Å². The Morgan fingerprint density at radius 2 is 1.92 bits per heavy atom. The number of hydrogen-bond acceptors (Lipinski definition) is 3. The summed E-state index contributed by atoms with van der Waals surface area (Å²) < 4.78 is 3.27. The Hall–Kier alpha value is -2.92. The predicted octanol–water partition coefficient (Wildman–Crippen LogP) is 3.90. The summed E-state index contributed by atoms with van der Waals surface area (Å²) in [5.74, 6) is 0. The molecule has 0 unspecified atom stereocenters. The van der Waals surface area contributed by atoms with Crippen LogP contribution in [-0.4, -0.2) is 19.3 Å². The molecular weight excluding hydrogens is 348 g/mol. The minimum absolute atomic E-state index is 0.120. The van der Waals surface area contributed by atoms with Crippen molar-refractivity contribution in [1.29, 1.82) is 0 Å². The molecule has 130 valence electrons. The van der Waals surface area contributed by atoms with Crippen molar-refractivity contribution in [3.05, 3.63) is 87.1 Å². The highest BCUT2D eigenvalue weighted by molar-refractivity contribution is 6.30. The lowest BCUT2D eigenvalue weighted by atomic mass is 10.1. The fourth-order valence-corrected chi connectivity index (χ4v) is 3.15. The van der Waals surface area contributed by atoms with Crippen LogP contribution in [0.1, 0.15) is 16.7 Å². The number of fused-ring (bicyclic) bond motifs is 1. The van der Waals surface area contributed by atoms with Crippen molar-refractivity contribution in [3.63, 3.8) is 0 Å². The van der Waals surface area contributed by atoms with E-state index in [2.05, 4.69) is 23.9 Å². The molecular formula is C20H17ClN4O. The topological polar surface area (TPSA) is 52.7 Å². The van der Waals surface area contributed by atoms with Crippen molar-refractivity contribution in [2.45, 2.75) is 20.4 Å². The van der Waals surface area contributed by atoms with Crippen LogP contribution in [0.4, 0.5) is 0 Å². The van der Waals surface area contributed by atoms with Gasteiger partial charge in [0.25, 0.3) is 5.56 Å². The maximum atomic E-state index is 12.8. The Kier molecular flexibility index (Phi) is 4.09. The van der Waals surface area contributed by atoms with Crippen LogP contribution >= 0.6 is 11.6 Å². The summed E-state index contributed by atoms with van der Waals surface area (Å²) in [4.78, 5) is 17.3. The Morgan fingerprint density at radius 1 is 1.08 bits per heavy atom. The Bertz CT molecular complexity index is 1180. The van der Waals surface area contributed by atoms with E-state index < -0.39 is 0 Å². The number of aromatic nitrogens is 4. The summed E-state index contributed by atoms with van der Waals surface area (Å²) in [5, 5.41) is 5.52. The highest BCUT2D eigenvalue weighted by atomic mass is 35.5. The minimum atomic E-state index is -0.120. The molecule has 2 aromatic heterocycles. The van der Waals surface area contributed by atoms with Gasteiger partial charge in [0.1, 0.15) is 11.7 Å². The van der Waals surface area contributed by atoms with Crippen molar-refractivity contribution in [3.8, 4) is 5.69 Å². The van der Waals surface area contributed by atoms with Gasteiger partial charge in [0.05, 0.1) is 18.4 Å². The summed E-state index contributed by atoms with van der Waals surface area (Å²) in [6.07, 6.45) is 3.14. The van der Waals surface area contributed by atoms with Crippen LogP contribution in [0.25, 0.3) is 16.7 Å². The van der Waals surface area contributed by atoms with E-state index in [-0.39, 0.29) is 5.56 Å². The fraction of sp³-hybridized carbons (Fsp3) is 0.150. The minimum Gasteiger partial charge on any atom is -0.294 e. The second-order valence-corrected chi connectivity index (χ2v) is 6.81. The van der Waals surface area contributed by atoms with Crippen molar-refractivity contribution < 1.29 is 0 Å².